The van der Waals surface area contributed by atoms with Gasteiger partial charge in [0.2, 0.25) is 0 Å². The summed E-state index contributed by atoms with van der Waals surface area (Å²) in [5.74, 6) is -0.364. The van der Waals surface area contributed by atoms with E-state index in [0.717, 1.165) is 16.8 Å². The zero-order chi connectivity index (χ0) is 19.2. The number of para-hydroxylation sites is 1. The molecule has 28 heavy (non-hydrogen) atoms. The van der Waals surface area contributed by atoms with Crippen LogP contribution in [0.25, 0.3) is 16.9 Å². The highest BCUT2D eigenvalue weighted by atomic mass is 16.6. The lowest BCUT2D eigenvalue weighted by atomic mass is 10.1. The highest BCUT2D eigenvalue weighted by molar-refractivity contribution is 5.99. The molecular weight excluding hydrogens is 352 g/mol. The van der Waals surface area contributed by atoms with Crippen LogP contribution in [-0.2, 0) is 11.4 Å². The number of benzene rings is 2. The van der Waals surface area contributed by atoms with E-state index in [1.807, 2.05) is 72.8 Å². The molecule has 2 heterocycles. The molecule has 0 radical (unpaired) electrons. The van der Waals surface area contributed by atoms with E-state index in [2.05, 4.69) is 15.6 Å². The van der Waals surface area contributed by atoms with Crippen LogP contribution in [0, 0.1) is 0 Å². The van der Waals surface area contributed by atoms with Crippen molar-refractivity contribution in [1.82, 2.24) is 20.2 Å². The molecule has 0 atom stereocenters. The van der Waals surface area contributed by atoms with Crippen molar-refractivity contribution in [2.24, 2.45) is 0 Å². The number of carbonyl (C=O) groups excluding carboxylic acids is 1. The molecule has 0 unspecified atom stereocenters. The minimum atomic E-state index is -0.364. The standard InChI is InChI=1S/C22H18N4O2/c27-22(25-28-16-17-8-3-1-4-9-17)20-15-26(19-11-5-2-6-12-19)24-21(20)18-10-7-13-23-14-18/h1-15H,16H2,(H,25,27). The molecular formula is C22H18N4O2. The van der Waals surface area contributed by atoms with Crippen LogP contribution < -0.4 is 5.48 Å². The smallest absolute Gasteiger partial charge is 0.269 e. The Morgan fingerprint density at radius 2 is 1.71 bits per heavy atom. The van der Waals surface area contributed by atoms with E-state index >= 15 is 0 Å². The lowest BCUT2D eigenvalue weighted by Gasteiger charge is -2.06. The largest absolute Gasteiger partial charge is 0.278 e. The van der Waals surface area contributed by atoms with Gasteiger partial charge in [-0.2, -0.15) is 5.10 Å². The molecule has 0 saturated carbocycles. The van der Waals surface area contributed by atoms with Gasteiger partial charge in [-0.3, -0.25) is 14.6 Å². The van der Waals surface area contributed by atoms with Gasteiger partial charge in [0.1, 0.15) is 5.69 Å². The van der Waals surface area contributed by atoms with Crippen molar-refractivity contribution in [3.05, 3.63) is 103 Å². The number of nitrogens with one attached hydrogen (secondary N) is 1. The molecule has 138 valence electrons. The van der Waals surface area contributed by atoms with Gasteiger partial charge in [0.25, 0.3) is 5.91 Å². The molecule has 0 aliphatic heterocycles. The fourth-order valence-electron chi connectivity index (χ4n) is 2.78. The van der Waals surface area contributed by atoms with Crippen LogP contribution in [0.3, 0.4) is 0 Å². The van der Waals surface area contributed by atoms with Crippen LogP contribution in [0.5, 0.6) is 0 Å². The first-order chi connectivity index (χ1) is 13.8. The van der Waals surface area contributed by atoms with Crippen molar-refractivity contribution in [3.63, 3.8) is 0 Å². The van der Waals surface area contributed by atoms with E-state index in [1.165, 1.54) is 0 Å². The van der Waals surface area contributed by atoms with E-state index in [0.29, 0.717) is 11.3 Å². The van der Waals surface area contributed by atoms with Crippen LogP contribution in [0.1, 0.15) is 15.9 Å². The third kappa shape index (κ3) is 3.97. The second kappa shape index (κ2) is 8.28. The van der Waals surface area contributed by atoms with Crippen molar-refractivity contribution < 1.29 is 9.63 Å². The average Bonchev–Trinajstić information content (AvgIpc) is 3.21. The summed E-state index contributed by atoms with van der Waals surface area (Å²) in [4.78, 5) is 22.3. The van der Waals surface area contributed by atoms with E-state index in [1.54, 1.807) is 23.3 Å². The molecule has 0 aliphatic rings. The van der Waals surface area contributed by atoms with Crippen LogP contribution in [0.15, 0.2) is 91.4 Å². The van der Waals surface area contributed by atoms with Gasteiger partial charge in [-0.25, -0.2) is 10.2 Å². The molecule has 2 aromatic heterocycles. The van der Waals surface area contributed by atoms with Crippen LogP contribution in [0.4, 0.5) is 0 Å². The Hall–Kier alpha value is -3.77. The highest BCUT2D eigenvalue weighted by Gasteiger charge is 2.19. The average molecular weight is 370 g/mol. The summed E-state index contributed by atoms with van der Waals surface area (Å²) in [6.45, 7) is 0.279. The normalized spacial score (nSPS) is 10.6. The monoisotopic (exact) mass is 370 g/mol. The molecule has 0 bridgehead atoms. The predicted octanol–water partition coefficient (Wildman–Crippen LogP) is 3.80. The molecule has 1 amide bonds. The first-order valence-electron chi connectivity index (χ1n) is 8.83. The van der Waals surface area contributed by atoms with Crippen LogP contribution in [-0.4, -0.2) is 20.7 Å². The maximum absolute atomic E-state index is 12.8. The summed E-state index contributed by atoms with van der Waals surface area (Å²) >= 11 is 0. The minimum absolute atomic E-state index is 0.279. The van der Waals surface area contributed by atoms with E-state index in [4.69, 9.17) is 4.84 Å². The number of carbonyl (C=O) groups is 1. The van der Waals surface area contributed by atoms with Gasteiger partial charge in [0.15, 0.2) is 0 Å². The number of aromatic nitrogens is 3. The van der Waals surface area contributed by atoms with Gasteiger partial charge in [-0.05, 0) is 29.8 Å². The predicted molar refractivity (Wildman–Crippen MR) is 105 cm³/mol. The topological polar surface area (TPSA) is 69.0 Å². The maximum Gasteiger partial charge on any atom is 0.278 e. The number of pyridine rings is 1. The zero-order valence-corrected chi connectivity index (χ0v) is 15.0. The van der Waals surface area contributed by atoms with Crippen LogP contribution in [0.2, 0.25) is 0 Å². The SMILES string of the molecule is O=C(NOCc1ccccc1)c1cn(-c2ccccc2)nc1-c1cccnc1. The summed E-state index contributed by atoms with van der Waals surface area (Å²) in [6, 6.07) is 22.9. The van der Waals surface area contributed by atoms with Gasteiger partial charge in [0, 0.05) is 24.2 Å². The minimum Gasteiger partial charge on any atom is -0.269 e. The first-order valence-corrected chi connectivity index (χ1v) is 8.83. The van der Waals surface area contributed by atoms with Crippen molar-refractivity contribution in [2.75, 3.05) is 0 Å². The van der Waals surface area contributed by atoms with Crippen molar-refractivity contribution >= 4 is 5.91 Å². The first kappa shape index (κ1) is 17.6. The van der Waals surface area contributed by atoms with Crippen molar-refractivity contribution in [3.8, 4) is 16.9 Å². The molecule has 1 N–H and O–H groups in total. The van der Waals surface area contributed by atoms with Crippen LogP contribution >= 0.6 is 0 Å². The molecule has 0 spiro atoms. The Morgan fingerprint density at radius 3 is 2.43 bits per heavy atom. The number of rotatable bonds is 6. The molecule has 2 aromatic carbocycles. The number of nitrogens with zero attached hydrogens (tertiary/aromatic N) is 3. The van der Waals surface area contributed by atoms with Gasteiger partial charge >= 0.3 is 0 Å². The van der Waals surface area contributed by atoms with E-state index < -0.39 is 0 Å². The third-order valence-electron chi connectivity index (χ3n) is 4.16. The molecule has 6 nitrogen and oxygen atoms in total. The Balaban J connectivity index is 1.59. The second-order valence-corrected chi connectivity index (χ2v) is 6.12. The highest BCUT2D eigenvalue weighted by Crippen LogP contribution is 2.23. The zero-order valence-electron chi connectivity index (χ0n) is 15.0. The van der Waals surface area contributed by atoms with Gasteiger partial charge in [-0.15, -0.1) is 0 Å². The maximum atomic E-state index is 12.8. The van der Waals surface area contributed by atoms with Gasteiger partial charge < -0.3 is 0 Å². The quantitative estimate of drug-likeness (QED) is 0.524. The summed E-state index contributed by atoms with van der Waals surface area (Å²) in [5, 5.41) is 4.60. The Kier molecular flexibility index (Phi) is 5.22. The molecule has 0 aliphatic carbocycles. The molecule has 6 heteroatoms. The van der Waals surface area contributed by atoms with Crippen molar-refractivity contribution in [2.45, 2.75) is 6.61 Å². The summed E-state index contributed by atoms with van der Waals surface area (Å²) in [6.07, 6.45) is 5.05. The number of hydrogen-bond acceptors (Lipinski definition) is 4. The summed E-state index contributed by atoms with van der Waals surface area (Å²) < 4.78 is 1.68. The Bertz CT molecular complexity index is 1050. The van der Waals surface area contributed by atoms with E-state index in [9.17, 15) is 4.79 Å². The molecule has 4 rings (SSSR count). The Morgan fingerprint density at radius 1 is 0.964 bits per heavy atom. The fourth-order valence-corrected chi connectivity index (χ4v) is 2.78. The second-order valence-electron chi connectivity index (χ2n) is 6.12. The van der Waals surface area contributed by atoms with Gasteiger partial charge in [-0.1, -0.05) is 48.5 Å². The number of hydroxylamine groups is 1. The van der Waals surface area contributed by atoms with Gasteiger partial charge in [0.05, 0.1) is 17.9 Å². The van der Waals surface area contributed by atoms with Crippen molar-refractivity contribution in [1.29, 1.82) is 0 Å². The Labute approximate surface area is 162 Å². The molecule has 4 aromatic rings. The fraction of sp³-hybridized carbons (Fsp3) is 0.0455. The molecule has 0 fully saturated rings. The van der Waals surface area contributed by atoms with E-state index in [-0.39, 0.29) is 12.5 Å². The summed E-state index contributed by atoms with van der Waals surface area (Å²) in [5.41, 5.74) is 6.04. The molecule has 0 saturated heterocycles. The number of amides is 1. The summed E-state index contributed by atoms with van der Waals surface area (Å²) in [7, 11) is 0. The lowest BCUT2D eigenvalue weighted by Crippen LogP contribution is -2.23. The number of hydrogen-bond donors (Lipinski definition) is 1. The third-order valence-corrected chi connectivity index (χ3v) is 4.16. The lowest BCUT2D eigenvalue weighted by molar-refractivity contribution is 0.0234.